The van der Waals surface area contributed by atoms with Gasteiger partial charge in [0.2, 0.25) is 0 Å². The quantitative estimate of drug-likeness (QED) is 0.491. The summed E-state index contributed by atoms with van der Waals surface area (Å²) >= 11 is 0. The summed E-state index contributed by atoms with van der Waals surface area (Å²) in [5, 5.41) is 16.1. The third-order valence-electron chi connectivity index (χ3n) is 4.51. The maximum atomic E-state index is 12.6. The van der Waals surface area contributed by atoms with Gasteiger partial charge in [0.05, 0.1) is 38.2 Å². The highest BCUT2D eigenvalue weighted by Gasteiger charge is 2.17. The van der Waals surface area contributed by atoms with E-state index in [4.69, 9.17) is 14.2 Å². The Bertz CT molecular complexity index is 1070. The van der Waals surface area contributed by atoms with Crippen molar-refractivity contribution in [3.05, 3.63) is 59.7 Å². The molecule has 29 heavy (non-hydrogen) atoms. The minimum absolute atomic E-state index is 0.117. The molecule has 0 fully saturated rings. The molecule has 0 unspecified atom stereocenters. The Kier molecular flexibility index (Phi) is 5.87. The monoisotopic (exact) mass is 394 g/mol. The average molecular weight is 394 g/mol. The Morgan fingerprint density at radius 1 is 0.931 bits per heavy atom. The molecule has 0 saturated carbocycles. The van der Waals surface area contributed by atoms with Crippen LogP contribution in [0.3, 0.4) is 0 Å². The number of amides is 1. The molecule has 150 valence electrons. The topological polar surface area (TPSA) is 89.4 Å². The molecule has 1 amide bonds. The van der Waals surface area contributed by atoms with E-state index in [1.165, 1.54) is 14.2 Å². The van der Waals surface area contributed by atoms with Gasteiger partial charge >= 0.3 is 0 Å². The van der Waals surface area contributed by atoms with Gasteiger partial charge in [-0.1, -0.05) is 24.3 Å². The third-order valence-corrected chi connectivity index (χ3v) is 4.51. The van der Waals surface area contributed by atoms with E-state index in [-0.39, 0.29) is 11.3 Å². The molecule has 0 radical (unpaired) electrons. The van der Waals surface area contributed by atoms with E-state index in [1.54, 1.807) is 38.3 Å². The number of hydrazone groups is 1. The standard InChI is InChI=1S/C22H22N2O5/c1-13(21-19(28-3)11-16(27-2)12-20(21)29-4)23-24-22(26)17-9-14-7-5-6-8-15(14)10-18(17)25/h5-12,25H,1-4H3,(H,24,26). The lowest BCUT2D eigenvalue weighted by molar-refractivity contribution is 0.0952. The summed E-state index contributed by atoms with van der Waals surface area (Å²) in [5.74, 6) is 0.906. The Balaban J connectivity index is 1.92. The number of hydrogen-bond acceptors (Lipinski definition) is 6. The molecule has 0 aromatic heterocycles. The van der Waals surface area contributed by atoms with Crippen LogP contribution in [0.15, 0.2) is 53.6 Å². The number of rotatable bonds is 6. The minimum Gasteiger partial charge on any atom is -0.507 e. The van der Waals surface area contributed by atoms with Crippen LogP contribution in [0.5, 0.6) is 23.0 Å². The van der Waals surface area contributed by atoms with Crippen molar-refractivity contribution in [2.45, 2.75) is 6.92 Å². The Morgan fingerprint density at radius 2 is 1.52 bits per heavy atom. The maximum absolute atomic E-state index is 12.6. The first-order valence-electron chi connectivity index (χ1n) is 8.85. The Labute approximate surface area is 168 Å². The van der Waals surface area contributed by atoms with Crippen molar-refractivity contribution in [2.24, 2.45) is 5.10 Å². The number of methoxy groups -OCH3 is 3. The summed E-state index contributed by atoms with van der Waals surface area (Å²) in [6.45, 7) is 1.72. The lowest BCUT2D eigenvalue weighted by Gasteiger charge is -2.15. The van der Waals surface area contributed by atoms with Crippen LogP contribution >= 0.6 is 0 Å². The third kappa shape index (κ3) is 4.08. The molecule has 7 heteroatoms. The fraction of sp³-hybridized carbons (Fsp3) is 0.182. The average Bonchev–Trinajstić information content (AvgIpc) is 2.75. The van der Waals surface area contributed by atoms with Crippen LogP contribution in [0.25, 0.3) is 10.8 Å². The molecular weight excluding hydrogens is 372 g/mol. The number of benzene rings is 3. The Hall–Kier alpha value is -3.74. The first-order chi connectivity index (χ1) is 14.0. The number of phenolic OH excluding ortho intramolecular Hbond substituents is 1. The van der Waals surface area contributed by atoms with E-state index >= 15 is 0 Å². The molecule has 3 aromatic rings. The second kappa shape index (κ2) is 8.52. The highest BCUT2D eigenvalue weighted by atomic mass is 16.5. The van der Waals surface area contributed by atoms with E-state index < -0.39 is 5.91 Å². The predicted molar refractivity (Wildman–Crippen MR) is 111 cm³/mol. The zero-order valence-electron chi connectivity index (χ0n) is 16.6. The van der Waals surface area contributed by atoms with Crippen LogP contribution in [0.4, 0.5) is 0 Å². The molecule has 7 nitrogen and oxygen atoms in total. The van der Waals surface area contributed by atoms with Crippen LogP contribution < -0.4 is 19.6 Å². The van der Waals surface area contributed by atoms with Gasteiger partial charge in [0.1, 0.15) is 23.0 Å². The SMILES string of the molecule is COc1cc(OC)c(C(C)=NNC(=O)c2cc3ccccc3cc2O)c(OC)c1. The lowest BCUT2D eigenvalue weighted by Crippen LogP contribution is -2.20. The van der Waals surface area contributed by atoms with E-state index in [0.29, 0.717) is 28.5 Å². The van der Waals surface area contributed by atoms with Gasteiger partial charge in [-0.2, -0.15) is 5.10 Å². The molecular formula is C22H22N2O5. The van der Waals surface area contributed by atoms with Crippen molar-refractivity contribution >= 4 is 22.4 Å². The van der Waals surface area contributed by atoms with Crippen LogP contribution in [-0.4, -0.2) is 38.1 Å². The van der Waals surface area contributed by atoms with Gasteiger partial charge in [-0.05, 0) is 29.8 Å². The number of fused-ring (bicyclic) bond motifs is 1. The second-order valence-electron chi connectivity index (χ2n) is 6.26. The van der Waals surface area contributed by atoms with Gasteiger partial charge < -0.3 is 19.3 Å². The number of hydrogen-bond donors (Lipinski definition) is 2. The van der Waals surface area contributed by atoms with Crippen LogP contribution in [-0.2, 0) is 0 Å². The smallest absolute Gasteiger partial charge is 0.275 e. The van der Waals surface area contributed by atoms with E-state index in [2.05, 4.69) is 10.5 Å². The molecule has 0 aliphatic rings. The highest BCUT2D eigenvalue weighted by Crippen LogP contribution is 2.34. The minimum atomic E-state index is -0.529. The predicted octanol–water partition coefficient (Wildman–Crippen LogP) is 3.73. The molecule has 2 N–H and O–H groups in total. The second-order valence-corrected chi connectivity index (χ2v) is 6.26. The summed E-state index contributed by atoms with van der Waals surface area (Å²) in [5.41, 5.74) is 3.66. The maximum Gasteiger partial charge on any atom is 0.275 e. The lowest BCUT2D eigenvalue weighted by atomic mass is 10.1. The molecule has 0 aliphatic carbocycles. The van der Waals surface area contributed by atoms with Gasteiger partial charge in [-0.25, -0.2) is 5.43 Å². The van der Waals surface area contributed by atoms with Crippen molar-refractivity contribution in [1.82, 2.24) is 5.43 Å². The number of carbonyl (C=O) groups is 1. The van der Waals surface area contributed by atoms with Gasteiger partial charge in [-0.3, -0.25) is 4.79 Å². The normalized spacial score (nSPS) is 11.2. The summed E-state index contributed by atoms with van der Waals surface area (Å²) in [7, 11) is 4.60. The number of nitrogens with zero attached hydrogens (tertiary/aromatic N) is 1. The van der Waals surface area contributed by atoms with Crippen LogP contribution in [0.2, 0.25) is 0 Å². The number of carbonyl (C=O) groups excluding carboxylic acids is 1. The molecule has 0 atom stereocenters. The van der Waals surface area contributed by atoms with Crippen molar-refractivity contribution in [2.75, 3.05) is 21.3 Å². The fourth-order valence-electron chi connectivity index (χ4n) is 3.02. The van der Waals surface area contributed by atoms with E-state index in [0.717, 1.165) is 10.8 Å². The van der Waals surface area contributed by atoms with Crippen molar-refractivity contribution in [3.63, 3.8) is 0 Å². The van der Waals surface area contributed by atoms with Gasteiger partial charge in [0.25, 0.3) is 5.91 Å². The number of aromatic hydroxyl groups is 1. The van der Waals surface area contributed by atoms with Gasteiger partial charge in [0, 0.05) is 12.1 Å². The van der Waals surface area contributed by atoms with E-state index in [9.17, 15) is 9.90 Å². The number of ether oxygens (including phenoxy) is 3. The molecule has 0 spiro atoms. The van der Waals surface area contributed by atoms with Crippen molar-refractivity contribution in [1.29, 1.82) is 0 Å². The van der Waals surface area contributed by atoms with Crippen molar-refractivity contribution in [3.8, 4) is 23.0 Å². The zero-order chi connectivity index (χ0) is 21.0. The highest BCUT2D eigenvalue weighted by molar-refractivity contribution is 6.06. The number of phenols is 1. The molecule has 0 heterocycles. The molecule has 0 saturated heterocycles. The molecule has 3 rings (SSSR count). The first-order valence-corrected chi connectivity index (χ1v) is 8.85. The summed E-state index contributed by atoms with van der Waals surface area (Å²) in [6.07, 6.45) is 0. The summed E-state index contributed by atoms with van der Waals surface area (Å²) in [6, 6.07) is 14.0. The number of nitrogens with one attached hydrogen (secondary N) is 1. The van der Waals surface area contributed by atoms with Crippen molar-refractivity contribution < 1.29 is 24.1 Å². The fourth-order valence-corrected chi connectivity index (χ4v) is 3.02. The largest absolute Gasteiger partial charge is 0.507 e. The van der Waals surface area contributed by atoms with E-state index in [1.807, 2.05) is 24.3 Å². The van der Waals surface area contributed by atoms with Crippen LogP contribution in [0, 0.1) is 0 Å². The molecule has 0 bridgehead atoms. The molecule has 0 aliphatic heterocycles. The van der Waals surface area contributed by atoms with Gasteiger partial charge in [-0.15, -0.1) is 0 Å². The van der Waals surface area contributed by atoms with Crippen LogP contribution in [0.1, 0.15) is 22.8 Å². The summed E-state index contributed by atoms with van der Waals surface area (Å²) in [4.78, 5) is 12.6. The summed E-state index contributed by atoms with van der Waals surface area (Å²) < 4.78 is 16.1. The Morgan fingerprint density at radius 3 is 2.07 bits per heavy atom. The first kappa shape index (κ1) is 20.0. The zero-order valence-corrected chi connectivity index (χ0v) is 16.6. The van der Waals surface area contributed by atoms with Gasteiger partial charge in [0.15, 0.2) is 0 Å². The molecule has 3 aromatic carbocycles.